The molecule has 0 bridgehead atoms. The van der Waals surface area contributed by atoms with Gasteiger partial charge >= 0.3 is 0 Å². The molecule has 0 heterocycles. The normalized spacial score (nSPS) is 52.6. The van der Waals surface area contributed by atoms with Gasteiger partial charge in [-0.05, 0) is 12.3 Å². The lowest BCUT2D eigenvalue weighted by molar-refractivity contribution is -0.0568. The Hall–Kier alpha value is -0.160. The Labute approximate surface area is 66.2 Å². The molecule has 0 aromatic carbocycles. The Bertz CT molecular complexity index is 128. The molecule has 3 unspecified atom stereocenters. The van der Waals surface area contributed by atoms with Crippen LogP contribution in [0.25, 0.3) is 0 Å². The SMILES string of the molecule is C[C@@H]1C(N)CC(N)[C@H](O)C1O. The predicted molar refractivity (Wildman–Crippen MR) is 41.7 cm³/mol. The van der Waals surface area contributed by atoms with Gasteiger partial charge in [0.05, 0.1) is 12.2 Å². The highest BCUT2D eigenvalue weighted by molar-refractivity contribution is 4.94. The van der Waals surface area contributed by atoms with Crippen molar-refractivity contribution in [2.45, 2.75) is 37.6 Å². The summed E-state index contributed by atoms with van der Waals surface area (Å²) in [6.45, 7) is 1.82. The fraction of sp³-hybridized carbons (Fsp3) is 1.00. The molecule has 1 saturated carbocycles. The molecule has 1 rings (SSSR count). The molecule has 5 atom stereocenters. The second kappa shape index (κ2) is 3.06. The minimum absolute atomic E-state index is 0.0650. The van der Waals surface area contributed by atoms with Gasteiger partial charge in [-0.2, -0.15) is 0 Å². The Morgan fingerprint density at radius 3 is 2.18 bits per heavy atom. The maximum atomic E-state index is 9.38. The topological polar surface area (TPSA) is 92.5 Å². The summed E-state index contributed by atoms with van der Waals surface area (Å²) in [5.41, 5.74) is 11.2. The number of hydrogen-bond acceptors (Lipinski definition) is 4. The molecular weight excluding hydrogens is 144 g/mol. The molecule has 0 aliphatic heterocycles. The Morgan fingerprint density at radius 1 is 1.09 bits per heavy atom. The van der Waals surface area contributed by atoms with Gasteiger partial charge in [0, 0.05) is 12.1 Å². The van der Waals surface area contributed by atoms with E-state index in [1.807, 2.05) is 6.92 Å². The van der Waals surface area contributed by atoms with Crippen LogP contribution in [0.5, 0.6) is 0 Å². The van der Waals surface area contributed by atoms with Gasteiger partial charge in [0.2, 0.25) is 0 Å². The van der Waals surface area contributed by atoms with Crippen LogP contribution < -0.4 is 11.5 Å². The van der Waals surface area contributed by atoms with Crippen molar-refractivity contribution in [3.05, 3.63) is 0 Å². The molecule has 0 aromatic heterocycles. The average molecular weight is 160 g/mol. The molecule has 0 radical (unpaired) electrons. The highest BCUT2D eigenvalue weighted by Gasteiger charge is 2.37. The molecule has 0 spiro atoms. The zero-order valence-corrected chi connectivity index (χ0v) is 6.64. The van der Waals surface area contributed by atoms with E-state index >= 15 is 0 Å². The first kappa shape index (κ1) is 8.93. The van der Waals surface area contributed by atoms with Crippen molar-refractivity contribution in [2.24, 2.45) is 17.4 Å². The van der Waals surface area contributed by atoms with E-state index in [0.717, 1.165) is 0 Å². The number of aliphatic hydroxyl groups is 2. The predicted octanol–water partition coefficient (Wildman–Crippen LogP) is -1.60. The van der Waals surface area contributed by atoms with Crippen molar-refractivity contribution in [1.29, 1.82) is 0 Å². The molecule has 4 heteroatoms. The molecule has 4 nitrogen and oxygen atoms in total. The van der Waals surface area contributed by atoms with Crippen molar-refractivity contribution in [3.8, 4) is 0 Å². The lowest BCUT2D eigenvalue weighted by Gasteiger charge is -2.38. The lowest BCUT2D eigenvalue weighted by Crippen LogP contribution is -2.57. The van der Waals surface area contributed by atoms with Gasteiger partial charge in [0.15, 0.2) is 0 Å². The quantitative estimate of drug-likeness (QED) is 0.343. The lowest BCUT2D eigenvalue weighted by atomic mass is 9.79. The van der Waals surface area contributed by atoms with Crippen molar-refractivity contribution < 1.29 is 10.2 Å². The Balaban J connectivity index is 2.63. The standard InChI is InChI=1S/C7H16N2O2/c1-3-4(8)2-5(9)7(11)6(3)10/h3-7,10-11H,2,8-9H2,1H3/t3-,4?,5?,6?,7+/m1/s1. The fourth-order valence-corrected chi connectivity index (χ4v) is 1.49. The van der Waals surface area contributed by atoms with Crippen LogP contribution in [-0.4, -0.2) is 34.5 Å². The summed E-state index contributed by atoms with van der Waals surface area (Å²) in [5, 5.41) is 18.7. The molecular formula is C7H16N2O2. The summed E-state index contributed by atoms with van der Waals surface area (Å²) in [5.74, 6) is -0.0650. The van der Waals surface area contributed by atoms with Gasteiger partial charge in [-0.25, -0.2) is 0 Å². The fourth-order valence-electron chi connectivity index (χ4n) is 1.49. The molecule has 1 fully saturated rings. The number of rotatable bonds is 0. The van der Waals surface area contributed by atoms with Gasteiger partial charge in [0.1, 0.15) is 0 Å². The number of hydrogen-bond donors (Lipinski definition) is 4. The zero-order chi connectivity index (χ0) is 8.59. The third-order valence-corrected chi connectivity index (χ3v) is 2.55. The minimum atomic E-state index is -0.815. The molecule has 0 saturated heterocycles. The van der Waals surface area contributed by atoms with Crippen LogP contribution in [-0.2, 0) is 0 Å². The minimum Gasteiger partial charge on any atom is -0.390 e. The van der Waals surface area contributed by atoms with Gasteiger partial charge < -0.3 is 21.7 Å². The zero-order valence-electron chi connectivity index (χ0n) is 6.64. The smallest absolute Gasteiger partial charge is 0.0953 e. The first-order valence-electron chi connectivity index (χ1n) is 3.91. The summed E-state index contributed by atoms with van der Waals surface area (Å²) < 4.78 is 0. The average Bonchev–Trinajstić information content (AvgIpc) is 1.97. The molecule has 0 amide bonds. The van der Waals surface area contributed by atoms with E-state index in [2.05, 4.69) is 0 Å². The third-order valence-electron chi connectivity index (χ3n) is 2.55. The number of nitrogens with two attached hydrogens (primary N) is 2. The van der Waals surface area contributed by atoms with Crippen LogP contribution in [0.4, 0.5) is 0 Å². The highest BCUT2D eigenvalue weighted by Crippen LogP contribution is 2.22. The summed E-state index contributed by atoms with van der Waals surface area (Å²) in [6.07, 6.45) is -1.00. The molecule has 0 aromatic rings. The van der Waals surface area contributed by atoms with Crippen LogP contribution in [0.15, 0.2) is 0 Å². The van der Waals surface area contributed by atoms with E-state index in [1.54, 1.807) is 0 Å². The van der Waals surface area contributed by atoms with E-state index in [9.17, 15) is 10.2 Å². The summed E-state index contributed by atoms with van der Waals surface area (Å²) in [7, 11) is 0. The second-order valence-corrected chi connectivity index (χ2v) is 3.40. The van der Waals surface area contributed by atoms with E-state index in [1.165, 1.54) is 0 Å². The van der Waals surface area contributed by atoms with Crippen molar-refractivity contribution in [1.82, 2.24) is 0 Å². The Morgan fingerprint density at radius 2 is 1.64 bits per heavy atom. The first-order chi connectivity index (χ1) is 5.04. The first-order valence-corrected chi connectivity index (χ1v) is 3.91. The molecule has 6 N–H and O–H groups in total. The molecule has 1 aliphatic rings. The van der Waals surface area contributed by atoms with Gasteiger partial charge in [-0.3, -0.25) is 0 Å². The number of aliphatic hydroxyl groups excluding tert-OH is 2. The van der Waals surface area contributed by atoms with E-state index in [0.29, 0.717) is 6.42 Å². The molecule has 1 aliphatic carbocycles. The highest BCUT2D eigenvalue weighted by atomic mass is 16.3. The Kier molecular flexibility index (Phi) is 2.49. The van der Waals surface area contributed by atoms with E-state index in [-0.39, 0.29) is 18.0 Å². The van der Waals surface area contributed by atoms with Gasteiger partial charge in [-0.1, -0.05) is 6.92 Å². The molecule has 66 valence electrons. The second-order valence-electron chi connectivity index (χ2n) is 3.40. The van der Waals surface area contributed by atoms with Crippen molar-refractivity contribution >= 4 is 0 Å². The third kappa shape index (κ3) is 1.54. The van der Waals surface area contributed by atoms with Crippen LogP contribution in [0.3, 0.4) is 0 Å². The maximum Gasteiger partial charge on any atom is 0.0953 e. The van der Waals surface area contributed by atoms with Gasteiger partial charge in [-0.15, -0.1) is 0 Å². The van der Waals surface area contributed by atoms with Crippen molar-refractivity contribution in [2.75, 3.05) is 0 Å². The largest absolute Gasteiger partial charge is 0.390 e. The maximum absolute atomic E-state index is 9.38. The van der Waals surface area contributed by atoms with Crippen LogP contribution >= 0.6 is 0 Å². The molecule has 11 heavy (non-hydrogen) atoms. The monoisotopic (exact) mass is 160 g/mol. The van der Waals surface area contributed by atoms with E-state index in [4.69, 9.17) is 11.5 Å². The summed E-state index contributed by atoms with van der Waals surface area (Å²) in [4.78, 5) is 0. The van der Waals surface area contributed by atoms with Crippen LogP contribution in [0.1, 0.15) is 13.3 Å². The van der Waals surface area contributed by atoms with Crippen molar-refractivity contribution in [3.63, 3.8) is 0 Å². The van der Waals surface area contributed by atoms with E-state index < -0.39 is 12.2 Å². The van der Waals surface area contributed by atoms with Gasteiger partial charge in [0.25, 0.3) is 0 Å². The summed E-state index contributed by atoms with van der Waals surface area (Å²) >= 11 is 0. The van der Waals surface area contributed by atoms with Crippen LogP contribution in [0, 0.1) is 5.92 Å². The summed E-state index contributed by atoms with van der Waals surface area (Å²) in [6, 6.07) is -0.473. The van der Waals surface area contributed by atoms with Crippen LogP contribution in [0.2, 0.25) is 0 Å².